The van der Waals surface area contributed by atoms with Crippen LogP contribution >= 0.6 is 0 Å². The quantitative estimate of drug-likeness (QED) is 0.450. The number of amides is 1. The van der Waals surface area contributed by atoms with E-state index in [4.69, 9.17) is 18.9 Å². The van der Waals surface area contributed by atoms with Crippen molar-refractivity contribution in [3.63, 3.8) is 0 Å². The molecule has 1 saturated heterocycles. The van der Waals surface area contributed by atoms with Crippen LogP contribution < -0.4 is 0 Å². The molecule has 0 saturated carbocycles. The molecule has 0 aromatic rings. The maximum absolute atomic E-state index is 12.2. The number of hydrogen-bond donors (Lipinski definition) is 0. The zero-order valence-corrected chi connectivity index (χ0v) is 15.3. The summed E-state index contributed by atoms with van der Waals surface area (Å²) in [7, 11) is 0. The molecule has 10 nitrogen and oxygen atoms in total. The number of ether oxygens (including phenoxy) is 4. The summed E-state index contributed by atoms with van der Waals surface area (Å²) in [4.78, 5) is 58.8. The third-order valence-electron chi connectivity index (χ3n) is 3.68. The largest absolute Gasteiger partial charge is 0.464 e. The van der Waals surface area contributed by atoms with Crippen molar-refractivity contribution in [2.75, 3.05) is 13.2 Å². The zero-order chi connectivity index (χ0) is 20.0. The second-order valence-electron chi connectivity index (χ2n) is 5.81. The second kappa shape index (κ2) is 9.16. The predicted molar refractivity (Wildman–Crippen MR) is 84.5 cm³/mol. The highest BCUT2D eigenvalue weighted by atomic mass is 16.6. The lowest BCUT2D eigenvalue weighted by Crippen LogP contribution is -2.47. The maximum Gasteiger partial charge on any atom is 0.303 e. The molecule has 4 unspecified atom stereocenters. The molecule has 1 aliphatic heterocycles. The first-order valence-corrected chi connectivity index (χ1v) is 7.94. The Kier molecular flexibility index (Phi) is 7.54. The molecule has 0 spiro atoms. The lowest BCUT2D eigenvalue weighted by Gasteiger charge is -2.29. The molecule has 1 fully saturated rings. The molecular weight excluding hydrogens is 350 g/mol. The Labute approximate surface area is 150 Å². The Morgan fingerprint density at radius 3 is 1.23 bits per heavy atom. The van der Waals surface area contributed by atoms with Gasteiger partial charge in [-0.3, -0.25) is 24.0 Å². The minimum Gasteiger partial charge on any atom is -0.464 e. The number of hydrogen-bond acceptors (Lipinski definition) is 9. The van der Waals surface area contributed by atoms with E-state index in [-0.39, 0.29) is 13.2 Å². The minimum absolute atomic E-state index is 0.277. The van der Waals surface area contributed by atoms with Crippen molar-refractivity contribution in [3.05, 3.63) is 0 Å². The van der Waals surface area contributed by atoms with E-state index in [1.807, 2.05) is 0 Å². The highest BCUT2D eigenvalue weighted by Gasteiger charge is 2.54. The first kappa shape index (κ1) is 21.4. The van der Waals surface area contributed by atoms with Gasteiger partial charge in [-0.2, -0.15) is 0 Å². The summed E-state index contributed by atoms with van der Waals surface area (Å²) in [6.07, 6.45) is -2.17. The molecule has 0 bridgehead atoms. The Morgan fingerprint density at radius 2 is 1.00 bits per heavy atom. The van der Waals surface area contributed by atoms with Gasteiger partial charge in [-0.1, -0.05) is 0 Å². The van der Waals surface area contributed by atoms with Gasteiger partial charge in [0.05, 0.1) is 0 Å². The Bertz CT molecular complexity index is 540. The molecule has 1 rings (SSSR count). The van der Waals surface area contributed by atoms with Crippen LogP contribution in [0.3, 0.4) is 0 Å². The summed E-state index contributed by atoms with van der Waals surface area (Å²) in [5.41, 5.74) is 0. The third kappa shape index (κ3) is 5.71. The Balaban J connectivity index is 3.27. The molecule has 0 aromatic carbocycles. The number of nitrogens with zero attached hydrogens (tertiary/aromatic N) is 1. The van der Waals surface area contributed by atoms with Crippen LogP contribution in [0.15, 0.2) is 0 Å². The third-order valence-corrected chi connectivity index (χ3v) is 3.68. The Hall–Kier alpha value is -2.65. The number of likely N-dealkylation sites (tertiary alicyclic amines) is 1. The van der Waals surface area contributed by atoms with E-state index in [0.717, 1.165) is 13.8 Å². The molecule has 0 radical (unpaired) electrons. The molecule has 146 valence electrons. The molecule has 0 aromatic heterocycles. The van der Waals surface area contributed by atoms with E-state index in [9.17, 15) is 24.0 Å². The summed E-state index contributed by atoms with van der Waals surface area (Å²) in [5.74, 6) is -2.98. The van der Waals surface area contributed by atoms with Gasteiger partial charge in [0.25, 0.3) is 0 Å². The van der Waals surface area contributed by atoms with Crippen molar-refractivity contribution in [2.24, 2.45) is 0 Å². The molecular formula is C16H23NO9. The average Bonchev–Trinajstić information content (AvgIpc) is 2.75. The standard InChI is InChI=1S/C16H23NO9/c1-8(18)17-13(6-23-9(2)19)15(25-11(4)21)16(26-12(5)22)14(17)7-24-10(3)20/h13-16H,6-7H2,1-5H3. The van der Waals surface area contributed by atoms with Gasteiger partial charge in [-0.25, -0.2) is 0 Å². The van der Waals surface area contributed by atoms with Crippen molar-refractivity contribution in [3.8, 4) is 0 Å². The summed E-state index contributed by atoms with van der Waals surface area (Å²) < 4.78 is 20.4. The summed E-state index contributed by atoms with van der Waals surface area (Å²) in [6, 6.07) is -1.80. The second-order valence-corrected chi connectivity index (χ2v) is 5.81. The van der Waals surface area contributed by atoms with Crippen LogP contribution in [0.1, 0.15) is 34.6 Å². The van der Waals surface area contributed by atoms with E-state index in [2.05, 4.69) is 0 Å². The first-order valence-electron chi connectivity index (χ1n) is 7.94. The van der Waals surface area contributed by atoms with Gasteiger partial charge < -0.3 is 23.8 Å². The van der Waals surface area contributed by atoms with Gasteiger partial charge in [0, 0.05) is 34.6 Å². The smallest absolute Gasteiger partial charge is 0.303 e. The Morgan fingerprint density at radius 1 is 0.654 bits per heavy atom. The molecule has 4 atom stereocenters. The van der Waals surface area contributed by atoms with Crippen LogP contribution in [-0.4, -0.2) is 72.2 Å². The van der Waals surface area contributed by atoms with Crippen molar-refractivity contribution < 1.29 is 42.9 Å². The van der Waals surface area contributed by atoms with Crippen molar-refractivity contribution in [1.82, 2.24) is 4.90 Å². The monoisotopic (exact) mass is 373 g/mol. The van der Waals surface area contributed by atoms with E-state index >= 15 is 0 Å². The van der Waals surface area contributed by atoms with Crippen LogP contribution in [0.5, 0.6) is 0 Å². The van der Waals surface area contributed by atoms with Crippen LogP contribution in [0.25, 0.3) is 0 Å². The molecule has 1 amide bonds. The van der Waals surface area contributed by atoms with Crippen molar-refractivity contribution >= 4 is 29.8 Å². The molecule has 0 N–H and O–H groups in total. The topological polar surface area (TPSA) is 126 Å². The minimum atomic E-state index is -1.08. The van der Waals surface area contributed by atoms with Gasteiger partial charge in [-0.15, -0.1) is 0 Å². The fraction of sp³-hybridized carbons (Fsp3) is 0.688. The fourth-order valence-electron chi connectivity index (χ4n) is 2.90. The van der Waals surface area contributed by atoms with Crippen molar-refractivity contribution in [2.45, 2.75) is 58.9 Å². The highest BCUT2D eigenvalue weighted by molar-refractivity contribution is 5.76. The summed E-state index contributed by atoms with van der Waals surface area (Å²) in [6.45, 7) is 5.39. The van der Waals surface area contributed by atoms with Crippen LogP contribution in [0.2, 0.25) is 0 Å². The van der Waals surface area contributed by atoms with Gasteiger partial charge in [0.1, 0.15) is 25.3 Å². The molecule has 10 heteroatoms. The van der Waals surface area contributed by atoms with Gasteiger partial charge in [-0.05, 0) is 0 Å². The van der Waals surface area contributed by atoms with Crippen LogP contribution in [0.4, 0.5) is 0 Å². The van der Waals surface area contributed by atoms with E-state index in [0.29, 0.717) is 0 Å². The van der Waals surface area contributed by atoms with Gasteiger partial charge in [0.2, 0.25) is 5.91 Å². The van der Waals surface area contributed by atoms with Gasteiger partial charge in [0.15, 0.2) is 12.2 Å². The molecule has 26 heavy (non-hydrogen) atoms. The zero-order valence-electron chi connectivity index (χ0n) is 15.3. The highest BCUT2D eigenvalue weighted by Crippen LogP contribution is 2.31. The van der Waals surface area contributed by atoms with E-state index in [1.165, 1.54) is 25.7 Å². The normalized spacial score (nSPS) is 24.6. The molecule has 1 heterocycles. The number of esters is 4. The lowest BCUT2D eigenvalue weighted by atomic mass is 10.1. The van der Waals surface area contributed by atoms with Crippen LogP contribution in [-0.2, 0) is 42.9 Å². The van der Waals surface area contributed by atoms with E-state index in [1.54, 1.807) is 0 Å². The number of carbonyl (C=O) groups excluding carboxylic acids is 5. The number of carbonyl (C=O) groups is 5. The lowest BCUT2D eigenvalue weighted by molar-refractivity contribution is -0.166. The maximum atomic E-state index is 12.2. The van der Waals surface area contributed by atoms with Crippen molar-refractivity contribution in [1.29, 1.82) is 0 Å². The van der Waals surface area contributed by atoms with Crippen LogP contribution in [0, 0.1) is 0 Å². The summed E-state index contributed by atoms with van der Waals surface area (Å²) in [5, 5.41) is 0. The molecule has 1 aliphatic rings. The average molecular weight is 373 g/mol. The fourth-order valence-corrected chi connectivity index (χ4v) is 2.90. The number of rotatable bonds is 6. The van der Waals surface area contributed by atoms with Gasteiger partial charge >= 0.3 is 23.9 Å². The first-order chi connectivity index (χ1) is 12.0. The predicted octanol–water partition coefficient (Wildman–Crippen LogP) is -0.425. The van der Waals surface area contributed by atoms with E-state index < -0.39 is 54.1 Å². The molecule has 0 aliphatic carbocycles. The summed E-state index contributed by atoms with van der Waals surface area (Å²) >= 11 is 0. The SMILES string of the molecule is CC(=O)OCC1C(OC(C)=O)C(OC(C)=O)C(COC(C)=O)N1C(C)=O.